The van der Waals surface area contributed by atoms with Gasteiger partial charge in [0.05, 0.1) is 13.4 Å². The first-order valence-corrected chi connectivity index (χ1v) is 9.48. The smallest absolute Gasteiger partial charge is 0.270 e. The minimum Gasteiger partial charge on any atom is -0.497 e. The maximum absolute atomic E-state index is 6.02. The van der Waals surface area contributed by atoms with E-state index in [0.29, 0.717) is 5.84 Å². The van der Waals surface area contributed by atoms with Gasteiger partial charge in [0.25, 0.3) is 3.92 Å². The normalized spacial score (nSPS) is 18.2. The van der Waals surface area contributed by atoms with Gasteiger partial charge < -0.3 is 4.74 Å². The summed E-state index contributed by atoms with van der Waals surface area (Å²) in [6, 6.07) is 11.4. The molecule has 0 amide bonds. The van der Waals surface area contributed by atoms with Crippen molar-refractivity contribution in [1.29, 1.82) is 0 Å². The lowest BCUT2D eigenvalue weighted by molar-refractivity contribution is 0.329. The van der Waals surface area contributed by atoms with Gasteiger partial charge in [-0.3, -0.25) is 4.90 Å². The third kappa shape index (κ3) is 4.27. The molecule has 2 aromatic carbocycles. The van der Waals surface area contributed by atoms with Crippen LogP contribution < -0.4 is 4.74 Å². The van der Waals surface area contributed by atoms with E-state index in [1.54, 1.807) is 7.11 Å². The predicted molar refractivity (Wildman–Crippen MR) is 112 cm³/mol. The van der Waals surface area contributed by atoms with Crippen molar-refractivity contribution in [3.05, 3.63) is 42.0 Å². The summed E-state index contributed by atoms with van der Waals surface area (Å²) in [6.07, 6.45) is 0.249. The third-order valence-corrected chi connectivity index (χ3v) is 4.87. The summed E-state index contributed by atoms with van der Waals surface area (Å²) >= 11 is 35.8. The molecule has 0 fully saturated rings. The van der Waals surface area contributed by atoms with Gasteiger partial charge in [-0.15, -0.1) is 0 Å². The molecule has 1 aliphatic rings. The van der Waals surface area contributed by atoms with E-state index < -0.39 is 13.9 Å². The largest absolute Gasteiger partial charge is 0.497 e. The zero-order valence-electron chi connectivity index (χ0n) is 13.1. The Morgan fingerprint density at radius 1 is 0.962 bits per heavy atom. The number of hydrogen-bond acceptors (Lipinski definition) is 4. The summed E-state index contributed by atoms with van der Waals surface area (Å²) in [5.74, 6) is 1.14. The molecule has 4 nitrogen and oxygen atoms in total. The maximum Gasteiger partial charge on any atom is 0.270 e. The van der Waals surface area contributed by atoms with Gasteiger partial charge in [-0.1, -0.05) is 87.8 Å². The Labute approximate surface area is 180 Å². The van der Waals surface area contributed by atoms with Crippen molar-refractivity contribution >= 4 is 92.6 Å². The van der Waals surface area contributed by atoms with Gasteiger partial charge in [-0.2, -0.15) is 0 Å². The van der Waals surface area contributed by atoms with Crippen LogP contribution in [0.2, 0.25) is 0 Å². The number of halogens is 6. The number of aliphatic imine (C=N–C) groups is 2. The number of benzene rings is 2. The quantitative estimate of drug-likeness (QED) is 0.398. The molecular formula is C16H11Cl6N3O. The second-order valence-corrected chi connectivity index (χ2v) is 10.0. The standard InChI is InChI=1S/C16H11Cl6N3O/c1-26-12-5-4-9-6-11(3-2-10(9)7-12)13-23-8-25(16(20,21)22)14(24-13)15(17,18)19/h2-8,14H,1H3. The van der Waals surface area contributed by atoms with Crippen molar-refractivity contribution in [1.82, 2.24) is 4.90 Å². The van der Waals surface area contributed by atoms with Crippen LogP contribution in [0.1, 0.15) is 5.56 Å². The monoisotopic (exact) mass is 471 g/mol. The van der Waals surface area contributed by atoms with Crippen LogP contribution in [0.5, 0.6) is 5.75 Å². The van der Waals surface area contributed by atoms with Gasteiger partial charge in [0.15, 0.2) is 12.0 Å². The summed E-state index contributed by atoms with van der Waals surface area (Å²) in [5, 5.41) is 1.99. The van der Waals surface area contributed by atoms with Crippen molar-refractivity contribution in [2.75, 3.05) is 7.11 Å². The van der Waals surface area contributed by atoms with E-state index in [0.717, 1.165) is 27.0 Å². The van der Waals surface area contributed by atoms with Gasteiger partial charge in [0, 0.05) is 5.56 Å². The highest BCUT2D eigenvalue weighted by Crippen LogP contribution is 2.42. The van der Waals surface area contributed by atoms with E-state index in [4.69, 9.17) is 74.3 Å². The number of ether oxygens (including phenoxy) is 1. The second-order valence-electron chi connectivity index (χ2n) is 5.42. The average molecular weight is 474 g/mol. The Hall–Kier alpha value is -0.620. The van der Waals surface area contributed by atoms with Crippen LogP contribution in [0.15, 0.2) is 46.4 Å². The van der Waals surface area contributed by atoms with E-state index in [1.165, 1.54) is 6.34 Å². The van der Waals surface area contributed by atoms with E-state index in [9.17, 15) is 0 Å². The molecule has 0 bridgehead atoms. The Bertz CT molecular complexity index is 888. The van der Waals surface area contributed by atoms with E-state index in [-0.39, 0.29) is 0 Å². The SMILES string of the molecule is COc1ccc2cc(C3=NC(C(Cl)(Cl)Cl)N(C(Cl)(Cl)Cl)C=N3)ccc2c1. The molecule has 10 heteroatoms. The molecule has 2 aromatic rings. The summed E-state index contributed by atoms with van der Waals surface area (Å²) in [7, 11) is 1.62. The maximum atomic E-state index is 6.02. The molecule has 1 unspecified atom stereocenters. The molecule has 26 heavy (non-hydrogen) atoms. The molecule has 0 aliphatic carbocycles. The molecule has 0 radical (unpaired) electrons. The molecular weight excluding hydrogens is 463 g/mol. The summed E-state index contributed by atoms with van der Waals surface area (Å²) in [6.45, 7) is 0. The first kappa shape index (κ1) is 20.1. The van der Waals surface area contributed by atoms with Crippen molar-refractivity contribution in [3.63, 3.8) is 0 Å². The van der Waals surface area contributed by atoms with Gasteiger partial charge >= 0.3 is 0 Å². The van der Waals surface area contributed by atoms with Crippen molar-refractivity contribution in [2.24, 2.45) is 9.98 Å². The Kier molecular flexibility index (Phi) is 5.74. The van der Waals surface area contributed by atoms with Gasteiger partial charge in [-0.25, -0.2) is 9.98 Å². The first-order chi connectivity index (χ1) is 12.1. The molecule has 1 aliphatic heterocycles. The summed E-state index contributed by atoms with van der Waals surface area (Å²) < 4.78 is 1.53. The lowest BCUT2D eigenvalue weighted by Gasteiger charge is -2.38. The fraction of sp³-hybridized carbons (Fsp3) is 0.250. The molecule has 1 atom stereocenters. The van der Waals surface area contributed by atoms with E-state index in [1.807, 2.05) is 36.4 Å². The zero-order chi connectivity index (χ0) is 19.1. The molecule has 0 spiro atoms. The fourth-order valence-electron chi connectivity index (χ4n) is 2.47. The van der Waals surface area contributed by atoms with Crippen LogP contribution in [-0.2, 0) is 0 Å². The molecule has 0 saturated carbocycles. The fourth-order valence-corrected chi connectivity index (χ4v) is 3.34. The molecule has 3 rings (SSSR count). The summed E-state index contributed by atoms with van der Waals surface area (Å²) in [5.41, 5.74) is 0.738. The van der Waals surface area contributed by atoms with Crippen molar-refractivity contribution in [3.8, 4) is 5.75 Å². The van der Waals surface area contributed by atoms with Crippen molar-refractivity contribution in [2.45, 2.75) is 13.9 Å². The van der Waals surface area contributed by atoms with Crippen LogP contribution in [0.3, 0.4) is 0 Å². The number of amidine groups is 1. The number of methoxy groups -OCH3 is 1. The van der Waals surface area contributed by atoms with Crippen LogP contribution >= 0.6 is 69.6 Å². The highest BCUT2D eigenvalue weighted by Gasteiger charge is 2.45. The zero-order valence-corrected chi connectivity index (χ0v) is 17.7. The van der Waals surface area contributed by atoms with Gasteiger partial charge in [0.2, 0.25) is 3.79 Å². The Morgan fingerprint density at radius 2 is 1.62 bits per heavy atom. The Balaban J connectivity index is 2.02. The molecule has 0 saturated heterocycles. The number of alkyl halides is 6. The minimum atomic E-state index is -1.87. The molecule has 1 heterocycles. The van der Waals surface area contributed by atoms with Crippen LogP contribution in [0.25, 0.3) is 10.8 Å². The van der Waals surface area contributed by atoms with Crippen LogP contribution in [0.4, 0.5) is 0 Å². The third-order valence-electron chi connectivity index (χ3n) is 3.70. The highest BCUT2D eigenvalue weighted by atomic mass is 35.6. The minimum absolute atomic E-state index is 0.365. The number of hydrogen-bond donors (Lipinski definition) is 0. The lowest BCUT2D eigenvalue weighted by Crippen LogP contribution is -2.50. The second kappa shape index (κ2) is 7.42. The topological polar surface area (TPSA) is 37.2 Å². The number of nitrogens with zero attached hydrogens (tertiary/aromatic N) is 3. The number of rotatable bonds is 2. The van der Waals surface area contributed by atoms with Crippen molar-refractivity contribution < 1.29 is 4.74 Å². The lowest BCUT2D eigenvalue weighted by atomic mass is 10.1. The number of fused-ring (bicyclic) bond motifs is 1. The van der Waals surface area contributed by atoms with Crippen LogP contribution in [-0.4, -0.2) is 38.1 Å². The van der Waals surface area contributed by atoms with E-state index in [2.05, 4.69) is 9.98 Å². The predicted octanol–water partition coefficient (Wildman–Crippen LogP) is 5.96. The first-order valence-electron chi connectivity index (χ1n) is 7.21. The van der Waals surface area contributed by atoms with Gasteiger partial charge in [-0.05, 0) is 29.0 Å². The van der Waals surface area contributed by atoms with Crippen LogP contribution in [0, 0.1) is 0 Å². The highest BCUT2D eigenvalue weighted by molar-refractivity contribution is 6.69. The molecule has 0 aromatic heterocycles. The molecule has 0 N–H and O–H groups in total. The van der Waals surface area contributed by atoms with E-state index >= 15 is 0 Å². The molecule has 138 valence electrons. The Morgan fingerprint density at radius 3 is 2.23 bits per heavy atom. The van der Waals surface area contributed by atoms with Gasteiger partial charge in [0.1, 0.15) is 5.75 Å². The average Bonchev–Trinajstić information content (AvgIpc) is 2.58. The summed E-state index contributed by atoms with van der Waals surface area (Å²) in [4.78, 5) is 9.78.